The van der Waals surface area contributed by atoms with Gasteiger partial charge >= 0.3 is 0 Å². The van der Waals surface area contributed by atoms with E-state index in [4.69, 9.17) is 4.74 Å². The highest BCUT2D eigenvalue weighted by atomic mass is 16.5. The minimum Gasteiger partial charge on any atom is -0.396 e. The lowest BCUT2D eigenvalue weighted by atomic mass is 9.88. The van der Waals surface area contributed by atoms with Crippen LogP contribution in [0.5, 0.6) is 0 Å². The van der Waals surface area contributed by atoms with Gasteiger partial charge in [-0.3, -0.25) is 0 Å². The average molecular weight is 351 g/mol. The fourth-order valence-corrected chi connectivity index (χ4v) is 3.53. The Hall–Kier alpha value is -1.08. The quantitative estimate of drug-likeness (QED) is 0.652. The van der Waals surface area contributed by atoms with Crippen LogP contribution in [0.15, 0.2) is 12.3 Å². The number of aliphatic hydroxyl groups excluding tert-OH is 2. The summed E-state index contributed by atoms with van der Waals surface area (Å²) >= 11 is 0. The molecule has 0 saturated heterocycles. The SMILES string of the molecule is COCCc1nccc(CC2C(NCC(C)(C)C)CC(O)C2CO)n1. The maximum absolute atomic E-state index is 10.4. The van der Waals surface area contributed by atoms with Crippen molar-refractivity contribution in [3.8, 4) is 0 Å². The normalized spacial score (nSPS) is 27.0. The van der Waals surface area contributed by atoms with Crippen LogP contribution in [0.25, 0.3) is 0 Å². The van der Waals surface area contributed by atoms with Gasteiger partial charge in [-0.1, -0.05) is 20.8 Å². The summed E-state index contributed by atoms with van der Waals surface area (Å²) in [6.07, 6.45) is 3.40. The van der Waals surface area contributed by atoms with E-state index in [1.165, 1.54) is 0 Å². The Morgan fingerprint density at radius 2 is 2.08 bits per heavy atom. The van der Waals surface area contributed by atoms with Crippen LogP contribution in [0.3, 0.4) is 0 Å². The number of methoxy groups -OCH3 is 1. The molecule has 2 rings (SSSR count). The summed E-state index contributed by atoms with van der Waals surface area (Å²) < 4.78 is 5.09. The molecule has 0 aliphatic heterocycles. The van der Waals surface area contributed by atoms with Crippen LogP contribution in [-0.2, 0) is 17.6 Å². The van der Waals surface area contributed by atoms with Gasteiger partial charge in [-0.05, 0) is 30.2 Å². The Labute approximate surface area is 151 Å². The van der Waals surface area contributed by atoms with E-state index in [1.54, 1.807) is 13.3 Å². The van der Waals surface area contributed by atoms with Gasteiger partial charge in [0, 0.05) is 50.5 Å². The molecule has 1 fully saturated rings. The highest BCUT2D eigenvalue weighted by Crippen LogP contribution is 2.35. The van der Waals surface area contributed by atoms with E-state index < -0.39 is 6.10 Å². The van der Waals surface area contributed by atoms with Gasteiger partial charge in [0.15, 0.2) is 0 Å². The molecule has 1 aliphatic carbocycles. The van der Waals surface area contributed by atoms with E-state index in [2.05, 4.69) is 36.1 Å². The first kappa shape index (κ1) is 20.2. The molecule has 142 valence electrons. The van der Waals surface area contributed by atoms with E-state index >= 15 is 0 Å². The maximum Gasteiger partial charge on any atom is 0.130 e. The Morgan fingerprint density at radius 3 is 2.72 bits per heavy atom. The van der Waals surface area contributed by atoms with Gasteiger partial charge in [-0.15, -0.1) is 0 Å². The van der Waals surface area contributed by atoms with E-state index in [1.807, 2.05) is 6.07 Å². The van der Waals surface area contributed by atoms with E-state index in [-0.39, 0.29) is 29.9 Å². The zero-order valence-electron chi connectivity index (χ0n) is 15.9. The fourth-order valence-electron chi connectivity index (χ4n) is 3.53. The second-order valence-electron chi connectivity index (χ2n) is 8.27. The Balaban J connectivity index is 2.09. The molecule has 0 amide bonds. The van der Waals surface area contributed by atoms with Crippen LogP contribution >= 0.6 is 0 Å². The fraction of sp³-hybridized carbons (Fsp3) is 0.789. The minimum absolute atomic E-state index is 0.00114. The lowest BCUT2D eigenvalue weighted by Gasteiger charge is -2.28. The van der Waals surface area contributed by atoms with Crippen molar-refractivity contribution in [1.29, 1.82) is 0 Å². The Morgan fingerprint density at radius 1 is 1.32 bits per heavy atom. The molecule has 4 unspecified atom stereocenters. The molecule has 0 radical (unpaired) electrons. The van der Waals surface area contributed by atoms with Gasteiger partial charge in [0.1, 0.15) is 5.82 Å². The number of nitrogens with zero attached hydrogens (tertiary/aromatic N) is 2. The molecule has 3 N–H and O–H groups in total. The number of hydrogen-bond donors (Lipinski definition) is 3. The van der Waals surface area contributed by atoms with Gasteiger partial charge in [0.25, 0.3) is 0 Å². The third-order valence-corrected chi connectivity index (χ3v) is 4.90. The molecule has 0 spiro atoms. The highest BCUT2D eigenvalue weighted by Gasteiger charge is 2.42. The lowest BCUT2D eigenvalue weighted by molar-refractivity contribution is 0.0715. The van der Waals surface area contributed by atoms with E-state index in [9.17, 15) is 10.2 Å². The third-order valence-electron chi connectivity index (χ3n) is 4.90. The van der Waals surface area contributed by atoms with Crippen molar-refractivity contribution in [3.05, 3.63) is 23.8 Å². The molecule has 1 heterocycles. The first-order valence-corrected chi connectivity index (χ1v) is 9.16. The van der Waals surface area contributed by atoms with Gasteiger partial charge in [0.05, 0.1) is 12.7 Å². The predicted octanol–water partition coefficient (Wildman–Crippen LogP) is 1.20. The molecule has 25 heavy (non-hydrogen) atoms. The van der Waals surface area contributed by atoms with Crippen LogP contribution in [-0.4, -0.2) is 59.2 Å². The van der Waals surface area contributed by atoms with Crippen molar-refractivity contribution in [2.75, 3.05) is 26.9 Å². The molecular formula is C19H33N3O3. The molecule has 1 saturated carbocycles. The van der Waals surface area contributed by atoms with Crippen LogP contribution < -0.4 is 5.32 Å². The second-order valence-corrected chi connectivity index (χ2v) is 8.27. The summed E-state index contributed by atoms with van der Waals surface area (Å²) in [5, 5.41) is 23.7. The van der Waals surface area contributed by atoms with Crippen molar-refractivity contribution in [3.63, 3.8) is 0 Å². The van der Waals surface area contributed by atoms with Crippen molar-refractivity contribution >= 4 is 0 Å². The minimum atomic E-state index is -0.470. The molecular weight excluding hydrogens is 318 g/mol. The van der Waals surface area contributed by atoms with Gasteiger partial charge < -0.3 is 20.3 Å². The molecule has 6 nitrogen and oxygen atoms in total. The monoisotopic (exact) mass is 351 g/mol. The summed E-state index contributed by atoms with van der Waals surface area (Å²) in [5.74, 6) is 0.819. The Bertz CT molecular complexity index is 533. The van der Waals surface area contributed by atoms with Gasteiger partial charge in [-0.25, -0.2) is 9.97 Å². The largest absolute Gasteiger partial charge is 0.396 e. The summed E-state index contributed by atoms with van der Waals surface area (Å²) in [5.41, 5.74) is 1.14. The predicted molar refractivity (Wildman–Crippen MR) is 97.3 cm³/mol. The van der Waals surface area contributed by atoms with Crippen LogP contribution in [0.1, 0.15) is 38.7 Å². The smallest absolute Gasteiger partial charge is 0.130 e. The van der Waals surface area contributed by atoms with Crippen molar-refractivity contribution in [2.24, 2.45) is 17.3 Å². The number of ether oxygens (including phenoxy) is 1. The number of rotatable bonds is 8. The number of aromatic nitrogens is 2. The number of aliphatic hydroxyl groups is 2. The highest BCUT2D eigenvalue weighted by molar-refractivity contribution is 5.08. The van der Waals surface area contributed by atoms with Gasteiger partial charge in [-0.2, -0.15) is 0 Å². The first-order chi connectivity index (χ1) is 11.8. The van der Waals surface area contributed by atoms with Crippen molar-refractivity contribution < 1.29 is 14.9 Å². The van der Waals surface area contributed by atoms with Gasteiger partial charge in [0.2, 0.25) is 0 Å². The van der Waals surface area contributed by atoms with Crippen molar-refractivity contribution in [1.82, 2.24) is 15.3 Å². The van der Waals surface area contributed by atoms with Crippen LogP contribution in [0, 0.1) is 17.3 Å². The van der Waals surface area contributed by atoms with Crippen molar-refractivity contribution in [2.45, 2.75) is 52.2 Å². The number of nitrogens with one attached hydrogen (secondary N) is 1. The summed E-state index contributed by atoms with van der Waals surface area (Å²) in [6, 6.07) is 2.11. The average Bonchev–Trinajstić information content (AvgIpc) is 2.85. The zero-order chi connectivity index (χ0) is 18.4. The summed E-state index contributed by atoms with van der Waals surface area (Å²) in [4.78, 5) is 8.92. The van der Waals surface area contributed by atoms with E-state index in [0.29, 0.717) is 19.4 Å². The molecule has 1 aromatic heterocycles. The van der Waals surface area contributed by atoms with Crippen LogP contribution in [0.4, 0.5) is 0 Å². The molecule has 1 aromatic rings. The van der Waals surface area contributed by atoms with E-state index in [0.717, 1.165) is 24.5 Å². The maximum atomic E-state index is 10.4. The summed E-state index contributed by atoms with van der Waals surface area (Å²) in [6.45, 7) is 8.05. The second kappa shape index (κ2) is 9.03. The molecule has 4 atom stereocenters. The third kappa shape index (κ3) is 5.99. The summed E-state index contributed by atoms with van der Waals surface area (Å²) in [7, 11) is 1.67. The number of hydrogen-bond acceptors (Lipinski definition) is 6. The zero-order valence-corrected chi connectivity index (χ0v) is 15.9. The Kier molecular flexibility index (Phi) is 7.31. The molecule has 1 aliphatic rings. The lowest BCUT2D eigenvalue weighted by Crippen LogP contribution is -2.40. The standard InChI is InChI=1S/C19H33N3O3/c1-19(2,3)12-21-16-10-17(24)15(11-23)14(16)9-13-5-7-20-18(22-13)6-8-25-4/h5,7,14-17,21,23-24H,6,8-12H2,1-4H3. The first-order valence-electron chi connectivity index (χ1n) is 9.16. The molecule has 6 heteroatoms. The van der Waals surface area contributed by atoms with Crippen LogP contribution in [0.2, 0.25) is 0 Å². The molecule has 0 aromatic carbocycles. The topological polar surface area (TPSA) is 87.5 Å². The molecule has 0 bridgehead atoms.